The van der Waals surface area contributed by atoms with Crippen LogP contribution in [0, 0.1) is 12.7 Å². The fraction of sp³-hybridized carbons (Fsp3) is 0.500. The number of hydrogen-bond acceptors (Lipinski definition) is 8. The zero-order chi connectivity index (χ0) is 23.1. The van der Waals surface area contributed by atoms with Crippen LogP contribution in [0.1, 0.15) is 37.7 Å². The summed E-state index contributed by atoms with van der Waals surface area (Å²) in [5, 5.41) is 2.90. The van der Waals surface area contributed by atoms with Crippen LogP contribution in [0.5, 0.6) is 5.88 Å². The molecule has 10 heteroatoms. The molecule has 0 saturated carbocycles. The lowest BCUT2D eigenvalue weighted by Gasteiger charge is -2.32. The Morgan fingerprint density at radius 2 is 2.00 bits per heavy atom. The minimum Gasteiger partial charge on any atom is -0.474 e. The van der Waals surface area contributed by atoms with Gasteiger partial charge in [-0.15, -0.1) is 0 Å². The molecule has 1 aromatic heterocycles. The summed E-state index contributed by atoms with van der Waals surface area (Å²) in [7, 11) is -3.49. The Hall–Kier alpha value is -2.59. The van der Waals surface area contributed by atoms with Gasteiger partial charge in [-0.1, -0.05) is 0 Å². The number of nitrogens with zero attached hydrogens (tertiary/aromatic N) is 3. The predicted octanol–water partition coefficient (Wildman–Crippen LogP) is 3.28. The van der Waals surface area contributed by atoms with Gasteiger partial charge in [0.2, 0.25) is 5.88 Å². The third kappa shape index (κ3) is 6.46. The molecular weight excluding hydrogens is 435 g/mol. The predicted molar refractivity (Wildman–Crippen MR) is 120 cm³/mol. The lowest BCUT2D eigenvalue weighted by molar-refractivity contribution is -0.107. The summed E-state index contributed by atoms with van der Waals surface area (Å²) >= 11 is 0. The second kappa shape index (κ2) is 10.8. The van der Waals surface area contributed by atoms with Crippen molar-refractivity contribution < 1.29 is 22.3 Å². The van der Waals surface area contributed by atoms with Crippen LogP contribution < -0.4 is 10.1 Å². The van der Waals surface area contributed by atoms with Crippen LogP contribution in [0.25, 0.3) is 0 Å². The van der Waals surface area contributed by atoms with Gasteiger partial charge >= 0.3 is 0 Å². The first kappa shape index (κ1) is 24.1. The van der Waals surface area contributed by atoms with E-state index in [4.69, 9.17) is 4.74 Å². The van der Waals surface area contributed by atoms with Crippen molar-refractivity contribution >= 4 is 27.6 Å². The average molecular weight is 465 g/mol. The maximum absolute atomic E-state index is 14.4. The van der Waals surface area contributed by atoms with Crippen molar-refractivity contribution in [2.75, 3.05) is 31.2 Å². The average Bonchev–Trinajstić information content (AvgIpc) is 2.75. The van der Waals surface area contributed by atoms with Gasteiger partial charge in [0.25, 0.3) is 0 Å². The summed E-state index contributed by atoms with van der Waals surface area (Å²) in [5.41, 5.74) is 0.767. The molecule has 174 valence electrons. The fourth-order valence-electron chi connectivity index (χ4n) is 3.61. The lowest BCUT2D eigenvalue weighted by atomic mass is 10.1. The van der Waals surface area contributed by atoms with Crippen LogP contribution in [0.4, 0.5) is 15.9 Å². The van der Waals surface area contributed by atoms with Crippen LogP contribution in [0.15, 0.2) is 29.4 Å². The van der Waals surface area contributed by atoms with E-state index in [0.29, 0.717) is 23.7 Å². The summed E-state index contributed by atoms with van der Waals surface area (Å²) in [6.07, 6.45) is 7.71. The normalized spacial score (nSPS) is 15.5. The van der Waals surface area contributed by atoms with Crippen molar-refractivity contribution in [3.8, 4) is 5.88 Å². The van der Waals surface area contributed by atoms with Gasteiger partial charge < -0.3 is 19.7 Å². The first-order chi connectivity index (χ1) is 15.3. The minimum absolute atomic E-state index is 0.0356. The molecular formula is C22H29FN4O4S. The number of benzene rings is 1. The van der Waals surface area contributed by atoms with Gasteiger partial charge in [0.05, 0.1) is 16.1 Å². The number of aromatic nitrogens is 2. The van der Waals surface area contributed by atoms with E-state index in [1.165, 1.54) is 18.5 Å². The van der Waals surface area contributed by atoms with Gasteiger partial charge in [-0.05, 0) is 57.4 Å². The number of likely N-dealkylation sites (tertiary alicyclic amines) is 1. The molecule has 0 spiro atoms. The van der Waals surface area contributed by atoms with Gasteiger partial charge in [-0.3, -0.25) is 0 Å². The Kier molecular flexibility index (Phi) is 8.14. The zero-order valence-electron chi connectivity index (χ0n) is 18.4. The van der Waals surface area contributed by atoms with Gasteiger partial charge in [0.1, 0.15) is 30.4 Å². The fourth-order valence-corrected chi connectivity index (χ4v) is 4.24. The molecule has 1 fully saturated rings. The Morgan fingerprint density at radius 1 is 1.25 bits per heavy atom. The molecule has 1 saturated heterocycles. The molecule has 1 aliphatic heterocycles. The second-order valence-corrected chi connectivity index (χ2v) is 10.0. The molecule has 0 bridgehead atoms. The molecule has 1 aliphatic rings. The standard InChI is InChI=1S/C22H29FN4O4S/c1-16-21(26-20-7-6-18(14-19(20)23)32(2,29)30)24-15-25-22(16)31-17-8-11-27(12-9-17)10-4-3-5-13-28/h6-7,13-15,17H,3-5,8-12H2,1-2H3,(H,24,25,26). The van der Waals surface area contributed by atoms with Crippen molar-refractivity contribution in [2.45, 2.75) is 50.0 Å². The van der Waals surface area contributed by atoms with E-state index in [1.54, 1.807) is 6.92 Å². The molecule has 2 heterocycles. The number of carbonyl (C=O) groups excluding carboxylic acids is 1. The number of aldehydes is 1. The van der Waals surface area contributed by atoms with E-state index in [0.717, 1.165) is 63.9 Å². The third-order valence-corrected chi connectivity index (χ3v) is 6.63. The molecule has 1 N–H and O–H groups in total. The van der Waals surface area contributed by atoms with Crippen LogP contribution >= 0.6 is 0 Å². The second-order valence-electron chi connectivity index (χ2n) is 8.01. The number of anilines is 2. The highest BCUT2D eigenvalue weighted by Crippen LogP contribution is 2.28. The minimum atomic E-state index is -3.49. The monoisotopic (exact) mass is 464 g/mol. The Labute approximate surface area is 188 Å². The lowest BCUT2D eigenvalue weighted by Crippen LogP contribution is -2.38. The first-order valence-electron chi connectivity index (χ1n) is 10.7. The summed E-state index contributed by atoms with van der Waals surface area (Å²) in [4.78, 5) is 21.1. The largest absolute Gasteiger partial charge is 0.474 e. The summed E-state index contributed by atoms with van der Waals surface area (Å²) < 4.78 is 43.7. The number of hydrogen-bond donors (Lipinski definition) is 1. The van der Waals surface area contributed by atoms with Gasteiger partial charge in [0, 0.05) is 25.8 Å². The molecule has 0 atom stereocenters. The number of rotatable bonds is 10. The summed E-state index contributed by atoms with van der Waals surface area (Å²) in [6, 6.07) is 3.71. The number of carbonyl (C=O) groups is 1. The van der Waals surface area contributed by atoms with E-state index in [9.17, 15) is 17.6 Å². The highest BCUT2D eigenvalue weighted by atomic mass is 32.2. The van der Waals surface area contributed by atoms with Gasteiger partial charge in [-0.25, -0.2) is 22.8 Å². The molecule has 32 heavy (non-hydrogen) atoms. The van der Waals surface area contributed by atoms with Crippen molar-refractivity contribution in [1.29, 1.82) is 0 Å². The third-order valence-electron chi connectivity index (χ3n) is 5.52. The highest BCUT2D eigenvalue weighted by molar-refractivity contribution is 7.90. The highest BCUT2D eigenvalue weighted by Gasteiger charge is 2.22. The molecule has 1 aromatic carbocycles. The molecule has 0 radical (unpaired) electrons. The van der Waals surface area contributed by atoms with Crippen molar-refractivity contribution in [2.24, 2.45) is 0 Å². The number of unbranched alkanes of at least 4 members (excludes halogenated alkanes) is 2. The first-order valence-corrected chi connectivity index (χ1v) is 12.6. The van der Waals surface area contributed by atoms with Crippen molar-refractivity contribution in [1.82, 2.24) is 14.9 Å². The maximum Gasteiger partial charge on any atom is 0.221 e. The number of halogens is 1. The molecule has 8 nitrogen and oxygen atoms in total. The van der Waals surface area contributed by atoms with E-state index < -0.39 is 15.7 Å². The summed E-state index contributed by atoms with van der Waals surface area (Å²) in [5.74, 6) is 0.155. The van der Waals surface area contributed by atoms with Crippen molar-refractivity contribution in [3.05, 3.63) is 35.9 Å². The van der Waals surface area contributed by atoms with Crippen LogP contribution in [-0.4, -0.2) is 61.6 Å². The number of nitrogens with one attached hydrogen (secondary N) is 1. The zero-order valence-corrected chi connectivity index (χ0v) is 19.2. The van der Waals surface area contributed by atoms with Gasteiger partial charge in [0.15, 0.2) is 9.84 Å². The Balaban J connectivity index is 1.60. The van der Waals surface area contributed by atoms with E-state index >= 15 is 0 Å². The van der Waals surface area contributed by atoms with E-state index in [2.05, 4.69) is 20.2 Å². The topological polar surface area (TPSA) is 101 Å². The van der Waals surface area contributed by atoms with Crippen LogP contribution in [0.3, 0.4) is 0 Å². The molecule has 2 aromatic rings. The maximum atomic E-state index is 14.4. The number of sulfone groups is 1. The Bertz CT molecular complexity index is 1040. The molecule has 0 unspecified atom stereocenters. The molecule has 3 rings (SSSR count). The number of piperidine rings is 1. The smallest absolute Gasteiger partial charge is 0.221 e. The van der Waals surface area contributed by atoms with Crippen LogP contribution in [0.2, 0.25) is 0 Å². The molecule has 0 amide bonds. The quantitative estimate of drug-likeness (QED) is 0.422. The SMILES string of the molecule is Cc1c(Nc2ccc(S(C)(=O)=O)cc2F)ncnc1OC1CCN(CCCCC=O)CC1. The van der Waals surface area contributed by atoms with Crippen molar-refractivity contribution in [3.63, 3.8) is 0 Å². The summed E-state index contributed by atoms with van der Waals surface area (Å²) in [6.45, 7) is 4.64. The van der Waals surface area contributed by atoms with Crippen LogP contribution in [-0.2, 0) is 14.6 Å². The van der Waals surface area contributed by atoms with Gasteiger partial charge in [-0.2, -0.15) is 0 Å². The Morgan fingerprint density at radius 3 is 2.66 bits per heavy atom. The molecule has 0 aliphatic carbocycles. The van der Waals surface area contributed by atoms with E-state index in [-0.39, 0.29) is 16.7 Å². The number of ether oxygens (including phenoxy) is 1. The van der Waals surface area contributed by atoms with E-state index in [1.807, 2.05) is 0 Å².